The van der Waals surface area contributed by atoms with Crippen molar-refractivity contribution in [2.45, 2.75) is 52.1 Å². The number of nitrogens with one attached hydrogen (secondary N) is 1. The highest BCUT2D eigenvalue weighted by molar-refractivity contribution is 7.89. The van der Waals surface area contributed by atoms with E-state index in [0.717, 1.165) is 27.8 Å². The maximum absolute atomic E-state index is 13.5. The lowest BCUT2D eigenvalue weighted by atomic mass is 9.96. The highest BCUT2D eigenvalue weighted by Crippen LogP contribution is 2.23. The van der Waals surface area contributed by atoms with Crippen molar-refractivity contribution in [3.05, 3.63) is 99.1 Å². The summed E-state index contributed by atoms with van der Waals surface area (Å²) in [4.78, 5) is 13.1. The number of halogens is 1. The maximum Gasteiger partial charge on any atom is 0.243 e. The molecule has 0 aliphatic rings. The summed E-state index contributed by atoms with van der Waals surface area (Å²) in [6.07, 6.45) is 0. The first-order valence-electron chi connectivity index (χ1n) is 11.2. The van der Waals surface area contributed by atoms with Crippen molar-refractivity contribution in [2.24, 2.45) is 0 Å². The van der Waals surface area contributed by atoms with Gasteiger partial charge in [0.05, 0.1) is 17.5 Å². The van der Waals surface area contributed by atoms with Crippen LogP contribution in [0.5, 0.6) is 0 Å². The van der Waals surface area contributed by atoms with Crippen LogP contribution in [0.2, 0.25) is 5.02 Å². The smallest absolute Gasteiger partial charge is 0.243 e. The molecule has 3 aromatic carbocycles. The van der Waals surface area contributed by atoms with Crippen molar-refractivity contribution in [2.75, 3.05) is 6.54 Å². The summed E-state index contributed by atoms with van der Waals surface area (Å²) in [7, 11) is -3.93. The van der Waals surface area contributed by atoms with Gasteiger partial charge in [0.15, 0.2) is 0 Å². The van der Waals surface area contributed by atoms with E-state index >= 15 is 0 Å². The molecule has 0 spiro atoms. The molecule has 7 heteroatoms. The van der Waals surface area contributed by atoms with Crippen LogP contribution in [0.4, 0.5) is 0 Å². The van der Waals surface area contributed by atoms with Gasteiger partial charge in [-0.15, -0.1) is 0 Å². The van der Waals surface area contributed by atoms with Crippen LogP contribution in [0, 0.1) is 27.7 Å². The topological polar surface area (TPSA) is 66.5 Å². The zero-order chi connectivity index (χ0) is 25.0. The van der Waals surface area contributed by atoms with E-state index in [-0.39, 0.29) is 29.9 Å². The number of hydrogen-bond acceptors (Lipinski definition) is 3. The number of carbonyl (C=O) groups is 1. The highest BCUT2D eigenvalue weighted by Gasteiger charge is 2.27. The predicted molar refractivity (Wildman–Crippen MR) is 137 cm³/mol. The molecule has 0 aliphatic heterocycles. The number of benzene rings is 3. The average Bonchev–Trinajstić information content (AvgIpc) is 2.76. The SMILES string of the molecule is Cc1cccc(CN(CC(=O)N[C@@H](C)c2cc(C)c(C)cc2C)S(=O)(=O)c2ccc(Cl)cc2)c1. The summed E-state index contributed by atoms with van der Waals surface area (Å²) in [5.41, 5.74) is 6.27. The van der Waals surface area contributed by atoms with Gasteiger partial charge in [-0.2, -0.15) is 4.31 Å². The molecule has 0 radical (unpaired) electrons. The fourth-order valence-corrected chi connectivity index (χ4v) is 5.48. The van der Waals surface area contributed by atoms with Gasteiger partial charge in [-0.05, 0) is 86.7 Å². The number of nitrogens with zero attached hydrogens (tertiary/aromatic N) is 1. The van der Waals surface area contributed by atoms with Crippen molar-refractivity contribution in [1.82, 2.24) is 9.62 Å². The van der Waals surface area contributed by atoms with Crippen LogP contribution in [0.15, 0.2) is 65.6 Å². The first-order chi connectivity index (χ1) is 16.0. The van der Waals surface area contributed by atoms with Crippen molar-refractivity contribution < 1.29 is 13.2 Å². The van der Waals surface area contributed by atoms with E-state index in [9.17, 15) is 13.2 Å². The summed E-state index contributed by atoms with van der Waals surface area (Å²) in [5.74, 6) is -0.365. The normalized spacial score (nSPS) is 12.6. The van der Waals surface area contributed by atoms with Gasteiger partial charge in [0, 0.05) is 11.6 Å². The first kappa shape index (κ1) is 25.9. The van der Waals surface area contributed by atoms with E-state index in [4.69, 9.17) is 11.6 Å². The monoisotopic (exact) mass is 498 g/mol. The van der Waals surface area contributed by atoms with Crippen LogP contribution >= 0.6 is 11.6 Å². The lowest BCUT2D eigenvalue weighted by Crippen LogP contribution is -2.41. The highest BCUT2D eigenvalue weighted by atomic mass is 35.5. The van der Waals surface area contributed by atoms with Crippen LogP contribution in [0.3, 0.4) is 0 Å². The van der Waals surface area contributed by atoms with Crippen molar-refractivity contribution in [3.8, 4) is 0 Å². The fourth-order valence-electron chi connectivity index (χ4n) is 3.97. The molecule has 0 aliphatic carbocycles. The third-order valence-electron chi connectivity index (χ3n) is 5.94. The second kappa shape index (κ2) is 10.7. The molecular weight excluding hydrogens is 468 g/mol. The summed E-state index contributed by atoms with van der Waals surface area (Å²) in [6.45, 7) is 9.74. The molecule has 180 valence electrons. The molecule has 0 aromatic heterocycles. The van der Waals surface area contributed by atoms with Gasteiger partial charge in [0.1, 0.15) is 0 Å². The van der Waals surface area contributed by atoms with Gasteiger partial charge in [-0.3, -0.25) is 4.79 Å². The number of aryl methyl sites for hydroxylation is 4. The molecule has 0 fully saturated rings. The Hall–Kier alpha value is -2.67. The second-order valence-corrected chi connectivity index (χ2v) is 11.2. The average molecular weight is 499 g/mol. The van der Waals surface area contributed by atoms with Gasteiger partial charge < -0.3 is 5.32 Å². The number of rotatable bonds is 8. The maximum atomic E-state index is 13.5. The Bertz CT molecular complexity index is 1290. The molecule has 5 nitrogen and oxygen atoms in total. The van der Waals surface area contributed by atoms with E-state index in [0.29, 0.717) is 5.02 Å². The van der Waals surface area contributed by atoms with Crippen molar-refractivity contribution >= 4 is 27.5 Å². The Morgan fingerprint density at radius 2 is 1.59 bits per heavy atom. The van der Waals surface area contributed by atoms with Gasteiger partial charge >= 0.3 is 0 Å². The van der Waals surface area contributed by atoms with E-state index in [1.54, 1.807) is 0 Å². The summed E-state index contributed by atoms with van der Waals surface area (Å²) >= 11 is 5.95. The minimum Gasteiger partial charge on any atom is -0.348 e. The third kappa shape index (κ3) is 6.26. The minimum absolute atomic E-state index is 0.0805. The first-order valence-corrected chi connectivity index (χ1v) is 13.0. The van der Waals surface area contributed by atoms with Gasteiger partial charge in [-0.1, -0.05) is 53.6 Å². The Morgan fingerprint density at radius 3 is 2.24 bits per heavy atom. The largest absolute Gasteiger partial charge is 0.348 e. The van der Waals surface area contributed by atoms with E-state index in [1.165, 1.54) is 34.1 Å². The summed E-state index contributed by atoms with van der Waals surface area (Å²) in [6, 6.07) is 17.5. The molecule has 0 heterocycles. The zero-order valence-electron chi connectivity index (χ0n) is 20.2. The van der Waals surface area contributed by atoms with Gasteiger partial charge in [0.25, 0.3) is 0 Å². The Morgan fingerprint density at radius 1 is 0.941 bits per heavy atom. The number of hydrogen-bond donors (Lipinski definition) is 1. The molecule has 1 N–H and O–H groups in total. The number of amides is 1. The molecule has 0 saturated carbocycles. The van der Waals surface area contributed by atoms with E-state index < -0.39 is 10.0 Å². The summed E-state index contributed by atoms with van der Waals surface area (Å²) < 4.78 is 28.1. The number of sulfonamides is 1. The standard InChI is InChI=1S/C27H31ClN2O3S/c1-18-7-6-8-23(13-18)16-30(34(32,33)25-11-9-24(28)10-12-25)17-27(31)29-22(5)26-15-20(3)19(2)14-21(26)4/h6-15,22H,16-17H2,1-5H3,(H,29,31)/t22-/m0/s1. The minimum atomic E-state index is -3.93. The summed E-state index contributed by atoms with van der Waals surface area (Å²) in [5, 5.41) is 3.42. The molecular formula is C27H31ClN2O3S. The Labute approximate surface area is 207 Å². The zero-order valence-corrected chi connectivity index (χ0v) is 21.8. The van der Waals surface area contributed by atoms with Gasteiger partial charge in [-0.25, -0.2) is 8.42 Å². The lowest BCUT2D eigenvalue weighted by molar-refractivity contribution is -0.122. The molecule has 0 unspecified atom stereocenters. The second-order valence-electron chi connectivity index (χ2n) is 8.80. The predicted octanol–water partition coefficient (Wildman–Crippen LogP) is 5.64. The molecule has 1 amide bonds. The molecule has 1 atom stereocenters. The van der Waals surface area contributed by atoms with E-state index in [2.05, 4.69) is 24.4 Å². The third-order valence-corrected chi connectivity index (χ3v) is 8.00. The lowest BCUT2D eigenvalue weighted by Gasteiger charge is -2.24. The van der Waals surface area contributed by atoms with Crippen LogP contribution in [-0.2, 0) is 21.4 Å². The molecule has 0 saturated heterocycles. The Kier molecular flexibility index (Phi) is 8.18. The van der Waals surface area contributed by atoms with Crippen LogP contribution in [-0.4, -0.2) is 25.2 Å². The van der Waals surface area contributed by atoms with Crippen LogP contribution < -0.4 is 5.32 Å². The fraction of sp³-hybridized carbons (Fsp3) is 0.296. The van der Waals surface area contributed by atoms with Crippen molar-refractivity contribution in [3.63, 3.8) is 0 Å². The molecule has 3 aromatic rings. The Balaban J connectivity index is 1.86. The molecule has 34 heavy (non-hydrogen) atoms. The molecule has 0 bridgehead atoms. The number of carbonyl (C=O) groups excluding carboxylic acids is 1. The van der Waals surface area contributed by atoms with Crippen LogP contribution in [0.1, 0.15) is 46.3 Å². The molecule has 3 rings (SSSR count). The quantitative estimate of drug-likeness (QED) is 0.437. The van der Waals surface area contributed by atoms with Crippen LogP contribution in [0.25, 0.3) is 0 Å². The van der Waals surface area contributed by atoms with Gasteiger partial charge in [0.2, 0.25) is 15.9 Å². The van der Waals surface area contributed by atoms with E-state index in [1.807, 2.05) is 52.0 Å². The van der Waals surface area contributed by atoms with Crippen molar-refractivity contribution in [1.29, 1.82) is 0 Å².